The lowest BCUT2D eigenvalue weighted by Crippen LogP contribution is -2.37. The zero-order valence-electron chi connectivity index (χ0n) is 11.6. The fourth-order valence-electron chi connectivity index (χ4n) is 1.45. The molecule has 0 aliphatic carbocycles. The van der Waals surface area contributed by atoms with Crippen LogP contribution in [0.15, 0.2) is 18.2 Å². The van der Waals surface area contributed by atoms with E-state index >= 15 is 0 Å². The lowest BCUT2D eigenvalue weighted by atomic mass is 10.2. The minimum Gasteiger partial charge on any atom is -0.493 e. The summed E-state index contributed by atoms with van der Waals surface area (Å²) in [5, 5.41) is 5.70. The molecule has 1 unspecified atom stereocenters. The SMILES string of the molecule is CNC(C)CNC(=O)c1ccc(OC(F)F)c(OC)c1. The number of rotatable bonds is 7. The van der Waals surface area contributed by atoms with E-state index in [2.05, 4.69) is 15.4 Å². The van der Waals surface area contributed by atoms with Gasteiger partial charge in [-0.1, -0.05) is 0 Å². The molecule has 1 amide bonds. The van der Waals surface area contributed by atoms with Gasteiger partial charge in [0, 0.05) is 18.2 Å². The van der Waals surface area contributed by atoms with Crippen molar-refractivity contribution in [1.29, 1.82) is 0 Å². The highest BCUT2D eigenvalue weighted by Crippen LogP contribution is 2.29. The summed E-state index contributed by atoms with van der Waals surface area (Å²) in [5.74, 6) is -0.337. The summed E-state index contributed by atoms with van der Waals surface area (Å²) in [5.41, 5.74) is 0.312. The van der Waals surface area contributed by atoms with Crippen molar-refractivity contribution < 1.29 is 23.0 Å². The molecular weight excluding hydrogens is 270 g/mol. The summed E-state index contributed by atoms with van der Waals surface area (Å²) in [6, 6.07) is 4.17. The van der Waals surface area contributed by atoms with Gasteiger partial charge in [0.05, 0.1) is 7.11 Å². The number of hydrogen-bond acceptors (Lipinski definition) is 4. The minimum absolute atomic E-state index is 0.0830. The Hall–Kier alpha value is -1.89. The molecule has 0 fully saturated rings. The van der Waals surface area contributed by atoms with Gasteiger partial charge in [0.15, 0.2) is 11.5 Å². The molecule has 0 saturated heterocycles. The molecule has 0 spiro atoms. The number of methoxy groups -OCH3 is 1. The third-order valence-corrected chi connectivity index (χ3v) is 2.70. The number of hydrogen-bond donors (Lipinski definition) is 2. The first-order valence-electron chi connectivity index (χ1n) is 6.06. The summed E-state index contributed by atoms with van der Waals surface area (Å²) in [6.07, 6.45) is 0. The van der Waals surface area contributed by atoms with Gasteiger partial charge >= 0.3 is 6.61 Å². The molecule has 2 N–H and O–H groups in total. The van der Waals surface area contributed by atoms with Crippen molar-refractivity contribution in [2.75, 3.05) is 20.7 Å². The van der Waals surface area contributed by atoms with Gasteiger partial charge in [0.1, 0.15) is 0 Å². The molecule has 0 radical (unpaired) electrons. The topological polar surface area (TPSA) is 59.6 Å². The van der Waals surface area contributed by atoms with Crippen molar-refractivity contribution in [3.63, 3.8) is 0 Å². The van der Waals surface area contributed by atoms with Crippen molar-refractivity contribution in [1.82, 2.24) is 10.6 Å². The Morgan fingerprint density at radius 1 is 1.35 bits per heavy atom. The second-order valence-electron chi connectivity index (χ2n) is 4.14. The van der Waals surface area contributed by atoms with Crippen LogP contribution >= 0.6 is 0 Å². The Labute approximate surface area is 116 Å². The van der Waals surface area contributed by atoms with Crippen LogP contribution in [0.2, 0.25) is 0 Å². The molecule has 20 heavy (non-hydrogen) atoms. The second-order valence-corrected chi connectivity index (χ2v) is 4.14. The van der Waals surface area contributed by atoms with E-state index in [0.717, 1.165) is 0 Å². The summed E-state index contributed by atoms with van der Waals surface area (Å²) in [6.45, 7) is -0.576. The van der Waals surface area contributed by atoms with Crippen LogP contribution < -0.4 is 20.1 Å². The molecule has 7 heteroatoms. The van der Waals surface area contributed by atoms with Crippen molar-refractivity contribution >= 4 is 5.91 Å². The van der Waals surface area contributed by atoms with Gasteiger partial charge in [-0.25, -0.2) is 0 Å². The lowest BCUT2D eigenvalue weighted by molar-refractivity contribution is -0.0512. The number of likely N-dealkylation sites (N-methyl/N-ethyl adjacent to an activating group) is 1. The molecule has 1 rings (SSSR count). The first-order chi connectivity index (χ1) is 9.47. The Balaban J connectivity index is 2.78. The van der Waals surface area contributed by atoms with Crippen molar-refractivity contribution in [2.24, 2.45) is 0 Å². The van der Waals surface area contributed by atoms with Crippen LogP contribution in [-0.2, 0) is 0 Å². The third kappa shape index (κ3) is 4.65. The van der Waals surface area contributed by atoms with E-state index in [1.54, 1.807) is 7.05 Å². The van der Waals surface area contributed by atoms with E-state index in [9.17, 15) is 13.6 Å². The summed E-state index contributed by atoms with van der Waals surface area (Å²) >= 11 is 0. The fraction of sp³-hybridized carbons (Fsp3) is 0.462. The zero-order valence-corrected chi connectivity index (χ0v) is 11.6. The fourth-order valence-corrected chi connectivity index (χ4v) is 1.45. The number of amides is 1. The van der Waals surface area contributed by atoms with Crippen LogP contribution in [-0.4, -0.2) is 39.3 Å². The molecule has 5 nitrogen and oxygen atoms in total. The van der Waals surface area contributed by atoms with Gasteiger partial charge in [-0.2, -0.15) is 8.78 Å². The van der Waals surface area contributed by atoms with Crippen molar-refractivity contribution in [3.8, 4) is 11.5 Å². The highest BCUT2D eigenvalue weighted by Gasteiger charge is 2.14. The van der Waals surface area contributed by atoms with E-state index in [-0.39, 0.29) is 23.4 Å². The summed E-state index contributed by atoms with van der Waals surface area (Å²) < 4.78 is 33.6. The predicted molar refractivity (Wildman–Crippen MR) is 70.5 cm³/mol. The smallest absolute Gasteiger partial charge is 0.387 e. The highest BCUT2D eigenvalue weighted by molar-refractivity contribution is 5.94. The third-order valence-electron chi connectivity index (χ3n) is 2.70. The number of halogens is 2. The van der Waals surface area contributed by atoms with Gasteiger partial charge in [-0.05, 0) is 32.2 Å². The maximum absolute atomic E-state index is 12.2. The van der Waals surface area contributed by atoms with Crippen LogP contribution in [0.4, 0.5) is 8.78 Å². The average Bonchev–Trinajstić information content (AvgIpc) is 2.44. The monoisotopic (exact) mass is 288 g/mol. The number of benzene rings is 1. The number of nitrogens with one attached hydrogen (secondary N) is 2. The Morgan fingerprint density at radius 3 is 2.60 bits per heavy atom. The molecule has 112 valence electrons. The maximum atomic E-state index is 12.2. The second kappa shape index (κ2) is 7.64. The Morgan fingerprint density at radius 2 is 2.05 bits per heavy atom. The lowest BCUT2D eigenvalue weighted by Gasteiger charge is -2.13. The summed E-state index contributed by atoms with van der Waals surface area (Å²) in [4.78, 5) is 11.9. The first-order valence-corrected chi connectivity index (χ1v) is 6.06. The van der Waals surface area contributed by atoms with Gasteiger partial charge in [-0.15, -0.1) is 0 Å². The van der Waals surface area contributed by atoms with Gasteiger partial charge in [0.25, 0.3) is 5.91 Å². The van der Waals surface area contributed by atoms with E-state index < -0.39 is 6.61 Å². The van der Waals surface area contributed by atoms with Gasteiger partial charge in [0.2, 0.25) is 0 Å². The highest BCUT2D eigenvalue weighted by atomic mass is 19.3. The van der Waals surface area contributed by atoms with E-state index in [0.29, 0.717) is 12.1 Å². The number of carbonyl (C=O) groups is 1. The first kappa shape index (κ1) is 16.2. The molecular formula is C13H18F2N2O3. The van der Waals surface area contributed by atoms with Crippen LogP contribution in [0.5, 0.6) is 11.5 Å². The Kier molecular flexibility index (Phi) is 6.17. The summed E-state index contributed by atoms with van der Waals surface area (Å²) in [7, 11) is 3.11. The van der Waals surface area contributed by atoms with Crippen LogP contribution in [0.1, 0.15) is 17.3 Å². The Bertz CT molecular complexity index is 455. The normalized spacial score (nSPS) is 12.1. The molecule has 0 bridgehead atoms. The van der Waals surface area contributed by atoms with Crippen LogP contribution in [0.25, 0.3) is 0 Å². The minimum atomic E-state index is -2.94. The van der Waals surface area contributed by atoms with E-state index in [4.69, 9.17) is 4.74 Å². The van der Waals surface area contributed by atoms with E-state index in [1.165, 1.54) is 25.3 Å². The predicted octanol–water partition coefficient (Wildman–Crippen LogP) is 1.63. The largest absolute Gasteiger partial charge is 0.493 e. The molecule has 0 heterocycles. The molecule has 1 atom stereocenters. The number of ether oxygens (including phenoxy) is 2. The standard InChI is InChI=1S/C13H18F2N2O3/c1-8(16-2)7-17-12(18)9-4-5-10(20-13(14)15)11(6-9)19-3/h4-6,8,13,16H,7H2,1-3H3,(H,17,18). The molecule has 1 aromatic carbocycles. The molecule has 0 aliphatic heterocycles. The molecule has 0 saturated carbocycles. The van der Waals surface area contributed by atoms with Crippen LogP contribution in [0, 0.1) is 0 Å². The van der Waals surface area contributed by atoms with Crippen molar-refractivity contribution in [2.45, 2.75) is 19.6 Å². The van der Waals surface area contributed by atoms with Crippen molar-refractivity contribution in [3.05, 3.63) is 23.8 Å². The average molecular weight is 288 g/mol. The molecule has 0 aromatic heterocycles. The maximum Gasteiger partial charge on any atom is 0.387 e. The number of alkyl halides is 2. The molecule has 0 aliphatic rings. The van der Waals surface area contributed by atoms with Crippen LogP contribution in [0.3, 0.4) is 0 Å². The van der Waals surface area contributed by atoms with E-state index in [1.807, 2.05) is 6.92 Å². The quantitative estimate of drug-likeness (QED) is 0.800. The zero-order chi connectivity index (χ0) is 15.1. The molecule has 1 aromatic rings. The van der Waals surface area contributed by atoms with Gasteiger partial charge in [-0.3, -0.25) is 4.79 Å². The van der Waals surface area contributed by atoms with Gasteiger partial charge < -0.3 is 20.1 Å². The number of carbonyl (C=O) groups excluding carboxylic acids is 1.